The Labute approximate surface area is 173 Å². The first-order valence-corrected chi connectivity index (χ1v) is 9.78. The van der Waals surface area contributed by atoms with Gasteiger partial charge in [-0.2, -0.15) is 4.68 Å². The standard InChI is InChI=1S/C22H25N3O5/c1-5-24-19-16(10-7-11-18(19)30-22(28)29)20(26)25(24)21(27)23-12-17-14(4)8-6-9-15(17)13(2)3/h6-11,13H,5,12H2,1-4H3,(H,23,27)(H,28,29). The van der Waals surface area contributed by atoms with Gasteiger partial charge in [-0.15, -0.1) is 0 Å². The number of para-hydroxylation sites is 1. The molecule has 3 rings (SSSR count). The van der Waals surface area contributed by atoms with Crippen molar-refractivity contribution in [3.05, 3.63) is 63.4 Å². The van der Waals surface area contributed by atoms with Crippen LogP contribution in [0.25, 0.3) is 10.9 Å². The summed E-state index contributed by atoms with van der Waals surface area (Å²) < 4.78 is 7.23. The Hall–Kier alpha value is -3.55. The van der Waals surface area contributed by atoms with E-state index in [9.17, 15) is 14.4 Å². The molecule has 30 heavy (non-hydrogen) atoms. The highest BCUT2D eigenvalue weighted by Crippen LogP contribution is 2.25. The van der Waals surface area contributed by atoms with Crippen LogP contribution in [0.1, 0.15) is 43.4 Å². The maximum Gasteiger partial charge on any atom is 0.511 e. The second kappa shape index (κ2) is 8.44. The summed E-state index contributed by atoms with van der Waals surface area (Å²) in [6, 6.07) is 9.93. The van der Waals surface area contributed by atoms with E-state index in [-0.39, 0.29) is 35.7 Å². The zero-order chi connectivity index (χ0) is 22.0. The minimum Gasteiger partial charge on any atom is -0.449 e. The fraction of sp³-hybridized carbons (Fsp3) is 0.318. The quantitative estimate of drug-likeness (QED) is 0.487. The third kappa shape index (κ3) is 3.80. The molecule has 2 aromatic carbocycles. The number of ether oxygens (including phenoxy) is 1. The number of carbonyl (C=O) groups excluding carboxylic acids is 1. The van der Waals surface area contributed by atoms with Crippen LogP contribution in [0.3, 0.4) is 0 Å². The summed E-state index contributed by atoms with van der Waals surface area (Å²) >= 11 is 0. The molecule has 1 aromatic heterocycles. The third-order valence-corrected chi connectivity index (χ3v) is 5.10. The van der Waals surface area contributed by atoms with E-state index in [0.717, 1.165) is 21.4 Å². The number of nitrogens with one attached hydrogen (secondary N) is 1. The smallest absolute Gasteiger partial charge is 0.449 e. The number of nitrogens with zero attached hydrogens (tertiary/aromatic N) is 2. The lowest BCUT2D eigenvalue weighted by molar-refractivity contribution is 0.145. The van der Waals surface area contributed by atoms with Gasteiger partial charge in [-0.25, -0.2) is 9.59 Å². The zero-order valence-corrected chi connectivity index (χ0v) is 17.4. The van der Waals surface area contributed by atoms with E-state index in [1.54, 1.807) is 13.0 Å². The van der Waals surface area contributed by atoms with Crippen molar-refractivity contribution in [2.24, 2.45) is 0 Å². The lowest BCUT2D eigenvalue weighted by atomic mass is 9.94. The summed E-state index contributed by atoms with van der Waals surface area (Å²) in [4.78, 5) is 36.9. The third-order valence-electron chi connectivity index (χ3n) is 5.10. The fourth-order valence-corrected chi connectivity index (χ4v) is 3.71. The summed E-state index contributed by atoms with van der Waals surface area (Å²) in [5, 5.41) is 12.0. The summed E-state index contributed by atoms with van der Waals surface area (Å²) in [5.74, 6) is 0.295. The van der Waals surface area contributed by atoms with E-state index >= 15 is 0 Å². The summed E-state index contributed by atoms with van der Waals surface area (Å²) in [5.41, 5.74) is 2.94. The minimum absolute atomic E-state index is 0.00602. The van der Waals surface area contributed by atoms with Crippen LogP contribution in [0.2, 0.25) is 0 Å². The predicted octanol–water partition coefficient (Wildman–Crippen LogP) is 4.07. The van der Waals surface area contributed by atoms with Gasteiger partial charge in [0.2, 0.25) is 0 Å². The van der Waals surface area contributed by atoms with Crippen LogP contribution in [-0.4, -0.2) is 26.7 Å². The van der Waals surface area contributed by atoms with Gasteiger partial charge < -0.3 is 15.2 Å². The Bertz CT molecular complexity index is 1170. The topological polar surface area (TPSA) is 103 Å². The second-order valence-corrected chi connectivity index (χ2v) is 7.31. The van der Waals surface area contributed by atoms with Crippen LogP contribution >= 0.6 is 0 Å². The number of carbonyl (C=O) groups is 2. The van der Waals surface area contributed by atoms with Crippen LogP contribution in [0.5, 0.6) is 5.75 Å². The van der Waals surface area contributed by atoms with Crippen molar-refractivity contribution in [1.29, 1.82) is 0 Å². The number of aryl methyl sites for hydroxylation is 2. The Kier molecular flexibility index (Phi) is 5.96. The van der Waals surface area contributed by atoms with E-state index in [4.69, 9.17) is 9.84 Å². The molecule has 1 heterocycles. The molecule has 8 heteroatoms. The van der Waals surface area contributed by atoms with Crippen molar-refractivity contribution < 1.29 is 19.4 Å². The lowest BCUT2D eigenvalue weighted by Gasteiger charge is -2.17. The van der Waals surface area contributed by atoms with Crippen molar-refractivity contribution in [3.63, 3.8) is 0 Å². The summed E-state index contributed by atoms with van der Waals surface area (Å²) in [7, 11) is 0. The van der Waals surface area contributed by atoms with Crippen LogP contribution in [-0.2, 0) is 13.1 Å². The second-order valence-electron chi connectivity index (χ2n) is 7.31. The van der Waals surface area contributed by atoms with Crippen LogP contribution in [0.4, 0.5) is 9.59 Å². The van der Waals surface area contributed by atoms with Gasteiger partial charge in [-0.1, -0.05) is 38.1 Å². The van der Waals surface area contributed by atoms with Gasteiger partial charge in [0, 0.05) is 13.1 Å². The first kappa shape index (κ1) is 21.2. The molecular formula is C22H25N3O5. The van der Waals surface area contributed by atoms with E-state index in [2.05, 4.69) is 19.2 Å². The molecule has 0 atom stereocenters. The van der Waals surface area contributed by atoms with Crippen molar-refractivity contribution >= 4 is 23.1 Å². The molecule has 0 radical (unpaired) electrons. The Morgan fingerprint density at radius 1 is 1.17 bits per heavy atom. The van der Waals surface area contributed by atoms with Crippen molar-refractivity contribution in [2.75, 3.05) is 0 Å². The molecule has 0 fully saturated rings. The molecule has 0 aliphatic rings. The van der Waals surface area contributed by atoms with E-state index < -0.39 is 17.7 Å². The number of hydrogen-bond acceptors (Lipinski definition) is 4. The molecule has 2 N–H and O–H groups in total. The molecule has 0 saturated heterocycles. The number of amides is 1. The average Bonchev–Trinajstić information content (AvgIpc) is 2.99. The largest absolute Gasteiger partial charge is 0.511 e. The molecule has 0 aliphatic carbocycles. The minimum atomic E-state index is -1.49. The number of aromatic nitrogens is 2. The number of rotatable bonds is 5. The number of fused-ring (bicyclic) bond motifs is 1. The molecule has 0 bridgehead atoms. The Balaban J connectivity index is 2.02. The molecule has 1 amide bonds. The highest BCUT2D eigenvalue weighted by Gasteiger charge is 2.22. The van der Waals surface area contributed by atoms with Crippen molar-refractivity contribution in [3.8, 4) is 5.75 Å². The fourth-order valence-electron chi connectivity index (χ4n) is 3.71. The van der Waals surface area contributed by atoms with Gasteiger partial charge in [-0.05, 0) is 48.6 Å². The van der Waals surface area contributed by atoms with Gasteiger partial charge in [0.1, 0.15) is 5.52 Å². The monoisotopic (exact) mass is 411 g/mol. The maximum atomic E-state index is 13.0. The average molecular weight is 411 g/mol. The SMILES string of the molecule is CCn1c2c(OC(=O)O)cccc2c(=O)n1C(=O)NCc1c(C)cccc1C(C)C. The van der Waals surface area contributed by atoms with Crippen LogP contribution in [0.15, 0.2) is 41.2 Å². The number of carboxylic acid groups (broad SMARTS) is 1. The Morgan fingerprint density at radius 2 is 1.87 bits per heavy atom. The van der Waals surface area contributed by atoms with E-state index in [0.29, 0.717) is 0 Å². The maximum absolute atomic E-state index is 13.0. The predicted molar refractivity (Wildman–Crippen MR) is 113 cm³/mol. The first-order chi connectivity index (χ1) is 14.3. The summed E-state index contributed by atoms with van der Waals surface area (Å²) in [6.45, 7) is 8.46. The molecule has 3 aromatic rings. The van der Waals surface area contributed by atoms with Crippen LogP contribution in [0, 0.1) is 6.92 Å². The summed E-state index contributed by atoms with van der Waals surface area (Å²) in [6.07, 6.45) is -1.49. The van der Waals surface area contributed by atoms with E-state index in [1.165, 1.54) is 16.8 Å². The highest BCUT2D eigenvalue weighted by molar-refractivity contribution is 5.90. The molecule has 0 saturated carbocycles. The van der Waals surface area contributed by atoms with Crippen molar-refractivity contribution in [2.45, 2.75) is 46.7 Å². The first-order valence-electron chi connectivity index (χ1n) is 9.78. The van der Waals surface area contributed by atoms with Gasteiger partial charge in [0.05, 0.1) is 5.39 Å². The van der Waals surface area contributed by atoms with Gasteiger partial charge in [-0.3, -0.25) is 9.48 Å². The Morgan fingerprint density at radius 3 is 2.50 bits per heavy atom. The van der Waals surface area contributed by atoms with Crippen LogP contribution < -0.4 is 15.6 Å². The van der Waals surface area contributed by atoms with E-state index in [1.807, 2.05) is 25.1 Å². The van der Waals surface area contributed by atoms with Gasteiger partial charge in [0.25, 0.3) is 5.56 Å². The molecule has 0 aliphatic heterocycles. The van der Waals surface area contributed by atoms with Gasteiger partial charge in [0.15, 0.2) is 5.75 Å². The highest BCUT2D eigenvalue weighted by atomic mass is 16.7. The molecule has 8 nitrogen and oxygen atoms in total. The molecule has 0 spiro atoms. The lowest BCUT2D eigenvalue weighted by Crippen LogP contribution is -2.38. The number of hydrogen-bond donors (Lipinski definition) is 2. The van der Waals surface area contributed by atoms with Crippen molar-refractivity contribution in [1.82, 2.24) is 14.7 Å². The number of benzene rings is 2. The molecular weight excluding hydrogens is 386 g/mol. The zero-order valence-electron chi connectivity index (χ0n) is 17.4. The van der Waals surface area contributed by atoms with Gasteiger partial charge >= 0.3 is 12.2 Å². The normalized spacial score (nSPS) is 11.1. The molecule has 0 unspecified atom stereocenters. The molecule has 158 valence electrons.